The third-order valence-electron chi connectivity index (χ3n) is 2.03. The molecule has 0 spiro atoms. The molecule has 0 aliphatic carbocycles. The molecule has 0 saturated carbocycles. The summed E-state index contributed by atoms with van der Waals surface area (Å²) in [7, 11) is 0. The number of hydrogen-bond donors (Lipinski definition) is 0. The lowest BCUT2D eigenvalue weighted by Gasteiger charge is -1.94. The first-order valence-electron chi connectivity index (χ1n) is 4.85. The SMILES string of the molecule is FC(F)=C(F)CCSc1nc2ccccc2o1. The second kappa shape index (κ2) is 5.27. The van der Waals surface area contributed by atoms with Gasteiger partial charge in [-0.3, -0.25) is 0 Å². The van der Waals surface area contributed by atoms with Crippen LogP contribution < -0.4 is 0 Å². The molecule has 1 aromatic carbocycles. The van der Waals surface area contributed by atoms with E-state index < -0.39 is 11.9 Å². The number of hydrogen-bond acceptors (Lipinski definition) is 3. The molecular weight excluding hydrogens is 251 g/mol. The van der Waals surface area contributed by atoms with Crippen LogP contribution in [-0.4, -0.2) is 10.7 Å². The van der Waals surface area contributed by atoms with Crippen molar-refractivity contribution in [3.8, 4) is 0 Å². The minimum absolute atomic E-state index is 0.163. The van der Waals surface area contributed by atoms with Crippen LogP contribution in [0.25, 0.3) is 11.1 Å². The highest BCUT2D eigenvalue weighted by Crippen LogP contribution is 2.25. The molecule has 0 fully saturated rings. The number of oxazole rings is 1. The van der Waals surface area contributed by atoms with Gasteiger partial charge in [-0.15, -0.1) is 0 Å². The van der Waals surface area contributed by atoms with Crippen molar-refractivity contribution < 1.29 is 17.6 Å². The van der Waals surface area contributed by atoms with Crippen LogP contribution in [-0.2, 0) is 0 Å². The number of thioether (sulfide) groups is 1. The zero-order valence-corrected chi connectivity index (χ0v) is 9.44. The Bertz CT molecular complexity index is 515. The highest BCUT2D eigenvalue weighted by molar-refractivity contribution is 7.99. The van der Waals surface area contributed by atoms with Gasteiger partial charge in [0.2, 0.25) is 0 Å². The lowest BCUT2D eigenvalue weighted by Crippen LogP contribution is -1.82. The second-order valence-electron chi connectivity index (χ2n) is 3.21. The van der Waals surface area contributed by atoms with Crippen LogP contribution in [0.2, 0.25) is 0 Å². The topological polar surface area (TPSA) is 26.0 Å². The molecule has 0 atom stereocenters. The average Bonchev–Trinajstić information content (AvgIpc) is 2.71. The Kier molecular flexibility index (Phi) is 3.73. The number of fused-ring (bicyclic) bond motifs is 1. The minimum Gasteiger partial charge on any atom is -0.431 e. The molecule has 17 heavy (non-hydrogen) atoms. The number of rotatable bonds is 4. The fraction of sp³-hybridized carbons (Fsp3) is 0.182. The first kappa shape index (κ1) is 12.0. The predicted molar refractivity (Wildman–Crippen MR) is 59.7 cm³/mol. The van der Waals surface area contributed by atoms with Crippen molar-refractivity contribution in [2.24, 2.45) is 0 Å². The van der Waals surface area contributed by atoms with Crippen LogP contribution in [0.4, 0.5) is 13.2 Å². The fourth-order valence-electron chi connectivity index (χ4n) is 1.24. The van der Waals surface area contributed by atoms with Gasteiger partial charge in [0.1, 0.15) is 5.52 Å². The van der Waals surface area contributed by atoms with E-state index in [-0.39, 0.29) is 12.2 Å². The normalized spacial score (nSPS) is 10.8. The highest BCUT2D eigenvalue weighted by atomic mass is 32.2. The standard InChI is InChI=1S/C11H8F3NOS/c12-7(10(13)14)5-6-17-11-15-8-3-1-2-4-9(8)16-11/h1-4H,5-6H2. The van der Waals surface area contributed by atoms with Gasteiger partial charge < -0.3 is 4.42 Å². The number of aromatic nitrogens is 1. The molecule has 0 radical (unpaired) electrons. The molecular formula is C11H8F3NOS. The number of allylic oxidation sites excluding steroid dienone is 1. The summed E-state index contributed by atoms with van der Waals surface area (Å²) in [4.78, 5) is 4.12. The van der Waals surface area contributed by atoms with E-state index in [0.717, 1.165) is 11.8 Å². The zero-order chi connectivity index (χ0) is 12.3. The number of halogens is 3. The summed E-state index contributed by atoms with van der Waals surface area (Å²) in [5.41, 5.74) is 1.32. The van der Waals surface area contributed by atoms with Gasteiger partial charge in [0.15, 0.2) is 11.4 Å². The quantitative estimate of drug-likeness (QED) is 0.762. The van der Waals surface area contributed by atoms with Crippen molar-refractivity contribution in [2.45, 2.75) is 11.6 Å². The summed E-state index contributed by atoms with van der Waals surface area (Å²) in [5.74, 6) is -1.22. The summed E-state index contributed by atoms with van der Waals surface area (Å²) < 4.78 is 41.4. The maximum atomic E-state index is 12.5. The van der Waals surface area contributed by atoms with Gasteiger partial charge >= 0.3 is 6.08 Å². The van der Waals surface area contributed by atoms with Gasteiger partial charge in [-0.05, 0) is 12.1 Å². The van der Waals surface area contributed by atoms with Crippen molar-refractivity contribution in [2.75, 3.05) is 5.75 Å². The Morgan fingerprint density at radius 3 is 2.71 bits per heavy atom. The van der Waals surface area contributed by atoms with Crippen molar-refractivity contribution in [3.63, 3.8) is 0 Å². The van der Waals surface area contributed by atoms with Gasteiger partial charge in [0.25, 0.3) is 5.22 Å². The molecule has 2 nitrogen and oxygen atoms in total. The van der Waals surface area contributed by atoms with E-state index in [9.17, 15) is 13.2 Å². The summed E-state index contributed by atoms with van der Waals surface area (Å²) in [6.45, 7) is 0. The molecule has 0 aliphatic rings. The first-order chi connectivity index (χ1) is 8.16. The zero-order valence-electron chi connectivity index (χ0n) is 8.62. The van der Waals surface area contributed by atoms with E-state index in [1.807, 2.05) is 12.1 Å². The second-order valence-corrected chi connectivity index (χ2v) is 4.26. The van der Waals surface area contributed by atoms with Crippen LogP contribution in [0.5, 0.6) is 0 Å². The monoisotopic (exact) mass is 259 g/mol. The summed E-state index contributed by atoms with van der Waals surface area (Å²) in [6.07, 6.45) is -2.59. The Hall–Kier alpha value is -1.43. The number of benzene rings is 1. The van der Waals surface area contributed by atoms with Crippen molar-refractivity contribution in [3.05, 3.63) is 36.2 Å². The Morgan fingerprint density at radius 2 is 2.00 bits per heavy atom. The van der Waals surface area contributed by atoms with Crippen LogP contribution in [0.1, 0.15) is 6.42 Å². The van der Waals surface area contributed by atoms with Gasteiger partial charge in [-0.2, -0.15) is 8.78 Å². The van der Waals surface area contributed by atoms with Crippen molar-refractivity contribution >= 4 is 22.9 Å². The lowest BCUT2D eigenvalue weighted by atomic mass is 10.3. The number of para-hydroxylation sites is 2. The number of nitrogens with zero attached hydrogens (tertiary/aromatic N) is 1. The Balaban J connectivity index is 1.98. The summed E-state index contributed by atoms with van der Waals surface area (Å²) >= 11 is 1.11. The van der Waals surface area contributed by atoms with Gasteiger partial charge in [-0.25, -0.2) is 9.37 Å². The summed E-state index contributed by atoms with van der Waals surface area (Å²) in [5, 5.41) is 0.360. The van der Waals surface area contributed by atoms with Crippen molar-refractivity contribution in [1.29, 1.82) is 0 Å². The average molecular weight is 259 g/mol. The van der Waals surface area contributed by atoms with Gasteiger partial charge in [-0.1, -0.05) is 23.9 Å². The highest BCUT2D eigenvalue weighted by Gasteiger charge is 2.08. The minimum atomic E-state index is -2.26. The van der Waals surface area contributed by atoms with Crippen LogP contribution in [0.15, 0.2) is 45.8 Å². The molecule has 0 amide bonds. The molecule has 6 heteroatoms. The van der Waals surface area contributed by atoms with Crippen LogP contribution in [0, 0.1) is 0 Å². The van der Waals surface area contributed by atoms with E-state index in [1.165, 1.54) is 0 Å². The molecule has 0 unspecified atom stereocenters. The van der Waals surface area contributed by atoms with Crippen molar-refractivity contribution in [1.82, 2.24) is 4.98 Å². The van der Waals surface area contributed by atoms with Gasteiger partial charge in [0, 0.05) is 12.2 Å². The maximum absolute atomic E-state index is 12.5. The first-order valence-corrected chi connectivity index (χ1v) is 5.83. The summed E-state index contributed by atoms with van der Waals surface area (Å²) in [6, 6.07) is 7.17. The molecule has 90 valence electrons. The smallest absolute Gasteiger partial charge is 0.301 e. The largest absolute Gasteiger partial charge is 0.431 e. The maximum Gasteiger partial charge on any atom is 0.301 e. The van der Waals surface area contributed by atoms with E-state index >= 15 is 0 Å². The molecule has 0 bridgehead atoms. The Morgan fingerprint density at radius 1 is 1.24 bits per heavy atom. The van der Waals surface area contributed by atoms with Gasteiger partial charge in [0.05, 0.1) is 0 Å². The molecule has 0 saturated heterocycles. The molecule has 1 heterocycles. The third-order valence-corrected chi connectivity index (χ3v) is 2.86. The van der Waals surface area contributed by atoms with E-state index in [4.69, 9.17) is 4.42 Å². The Labute approximate surface area is 99.5 Å². The predicted octanol–water partition coefficient (Wildman–Crippen LogP) is 4.39. The van der Waals surface area contributed by atoms with Crippen LogP contribution >= 0.6 is 11.8 Å². The fourth-order valence-corrected chi connectivity index (χ4v) is 2.00. The molecule has 1 aromatic heterocycles. The molecule has 0 aliphatic heterocycles. The van der Waals surface area contributed by atoms with E-state index in [1.54, 1.807) is 12.1 Å². The molecule has 0 N–H and O–H groups in total. The van der Waals surface area contributed by atoms with E-state index in [2.05, 4.69) is 4.98 Å². The van der Waals surface area contributed by atoms with Crippen LogP contribution in [0.3, 0.4) is 0 Å². The van der Waals surface area contributed by atoms with E-state index in [0.29, 0.717) is 16.3 Å². The molecule has 2 aromatic rings. The third kappa shape index (κ3) is 3.03. The molecule has 2 rings (SSSR count). The lowest BCUT2D eigenvalue weighted by molar-refractivity contribution is 0.373.